The molecule has 0 saturated carbocycles. The maximum atomic E-state index is 12.6. The molecular formula is C17H23N5O. The Labute approximate surface area is 135 Å². The van der Waals surface area contributed by atoms with E-state index in [9.17, 15) is 4.79 Å². The number of para-hydroxylation sites is 1. The number of hydrogen-bond acceptors (Lipinski definition) is 4. The molecule has 2 saturated heterocycles. The molecule has 122 valence electrons. The topological polar surface area (TPSA) is 64.3 Å². The van der Waals surface area contributed by atoms with Gasteiger partial charge >= 0.3 is 0 Å². The molecule has 0 spiro atoms. The molecule has 3 heterocycles. The van der Waals surface area contributed by atoms with Gasteiger partial charge < -0.3 is 10.2 Å². The van der Waals surface area contributed by atoms with Crippen LogP contribution in [0.2, 0.25) is 0 Å². The van der Waals surface area contributed by atoms with Crippen molar-refractivity contribution < 1.29 is 4.79 Å². The van der Waals surface area contributed by atoms with Gasteiger partial charge in [0.2, 0.25) is 0 Å². The first-order valence-corrected chi connectivity index (χ1v) is 8.26. The highest BCUT2D eigenvalue weighted by Crippen LogP contribution is 2.27. The van der Waals surface area contributed by atoms with Gasteiger partial charge in [-0.1, -0.05) is 18.2 Å². The molecule has 2 bridgehead atoms. The molecule has 2 aromatic rings. The van der Waals surface area contributed by atoms with Gasteiger partial charge in [0.25, 0.3) is 5.91 Å². The lowest BCUT2D eigenvalue weighted by molar-refractivity contribution is 0.00838. The van der Waals surface area contributed by atoms with Crippen molar-refractivity contribution in [3.05, 3.63) is 30.0 Å². The molecule has 3 atom stereocenters. The van der Waals surface area contributed by atoms with E-state index < -0.39 is 0 Å². The summed E-state index contributed by atoms with van der Waals surface area (Å²) in [4.78, 5) is 17.5. The molecule has 2 aliphatic rings. The molecule has 2 N–H and O–H groups in total. The van der Waals surface area contributed by atoms with Crippen LogP contribution in [0, 0.1) is 0 Å². The minimum Gasteiger partial charge on any atom is -0.348 e. The predicted octanol–water partition coefficient (Wildman–Crippen LogP) is 1.07. The quantitative estimate of drug-likeness (QED) is 0.870. The zero-order chi connectivity index (χ0) is 16.0. The molecule has 4 rings (SSSR count). The molecule has 0 unspecified atom stereocenters. The first-order valence-electron chi connectivity index (χ1n) is 8.26. The number of carbonyl (C=O) groups is 1. The van der Waals surface area contributed by atoms with Gasteiger partial charge in [0, 0.05) is 36.6 Å². The largest absolute Gasteiger partial charge is 0.348 e. The standard InChI is InChI=1S/C17H23N5O/c1-21-9-12-7-11(8-13(10-21)22(12)2)18-17(23)16-14-5-3-4-6-15(14)19-20-16/h3-6,11-13H,7-10H2,1-2H3,(H,18,23)(H,19,20)/t11-,12-,13+. The van der Waals surface area contributed by atoms with Crippen LogP contribution in [0.15, 0.2) is 24.3 Å². The zero-order valence-corrected chi connectivity index (χ0v) is 13.6. The Morgan fingerprint density at radius 1 is 1.22 bits per heavy atom. The van der Waals surface area contributed by atoms with Crippen LogP contribution in [-0.2, 0) is 0 Å². The summed E-state index contributed by atoms with van der Waals surface area (Å²) < 4.78 is 0. The van der Waals surface area contributed by atoms with E-state index in [0.717, 1.165) is 36.8 Å². The van der Waals surface area contributed by atoms with Crippen molar-refractivity contribution in [1.29, 1.82) is 0 Å². The number of likely N-dealkylation sites (tertiary alicyclic amines) is 1. The second kappa shape index (κ2) is 5.62. The van der Waals surface area contributed by atoms with E-state index in [1.807, 2.05) is 24.3 Å². The van der Waals surface area contributed by atoms with Crippen LogP contribution in [0.3, 0.4) is 0 Å². The number of nitrogens with one attached hydrogen (secondary N) is 2. The number of aromatic nitrogens is 2. The number of carbonyl (C=O) groups excluding carboxylic acids is 1. The highest BCUT2D eigenvalue weighted by atomic mass is 16.2. The minimum absolute atomic E-state index is 0.0663. The number of hydrogen-bond donors (Lipinski definition) is 2. The van der Waals surface area contributed by atoms with Gasteiger partial charge in [0.05, 0.1) is 5.52 Å². The average Bonchev–Trinajstić information content (AvgIpc) is 2.93. The number of H-pyrrole nitrogens is 1. The molecule has 23 heavy (non-hydrogen) atoms. The third-order valence-electron chi connectivity index (χ3n) is 5.33. The van der Waals surface area contributed by atoms with Crippen molar-refractivity contribution >= 4 is 16.8 Å². The van der Waals surface area contributed by atoms with Crippen LogP contribution >= 0.6 is 0 Å². The van der Waals surface area contributed by atoms with Gasteiger partial charge in [-0.05, 0) is 33.0 Å². The van der Waals surface area contributed by atoms with Crippen molar-refractivity contribution in [2.75, 3.05) is 27.2 Å². The van der Waals surface area contributed by atoms with Crippen LogP contribution in [0.4, 0.5) is 0 Å². The maximum absolute atomic E-state index is 12.6. The lowest BCUT2D eigenvalue weighted by atomic mass is 9.88. The normalized spacial score (nSPS) is 28.9. The van der Waals surface area contributed by atoms with Crippen LogP contribution in [0.1, 0.15) is 23.3 Å². The van der Waals surface area contributed by atoms with E-state index in [1.165, 1.54) is 0 Å². The SMILES string of the molecule is CN1C[C@H]2C[C@@H](NC(=O)c3n[nH]c4ccccc34)C[C@@H](C1)N2C. The summed E-state index contributed by atoms with van der Waals surface area (Å²) >= 11 is 0. The van der Waals surface area contributed by atoms with Crippen LogP contribution < -0.4 is 5.32 Å². The monoisotopic (exact) mass is 313 g/mol. The van der Waals surface area contributed by atoms with Gasteiger partial charge in [-0.25, -0.2) is 0 Å². The second-order valence-corrected chi connectivity index (χ2v) is 6.95. The van der Waals surface area contributed by atoms with Crippen molar-refractivity contribution in [2.24, 2.45) is 0 Å². The van der Waals surface area contributed by atoms with Crippen molar-refractivity contribution in [1.82, 2.24) is 25.3 Å². The molecule has 0 aliphatic carbocycles. The Balaban J connectivity index is 1.49. The third kappa shape index (κ3) is 2.62. The van der Waals surface area contributed by atoms with Crippen molar-refractivity contribution in [3.63, 3.8) is 0 Å². The number of piperazine rings is 1. The lowest BCUT2D eigenvalue weighted by Gasteiger charge is -2.50. The molecule has 1 aromatic carbocycles. The van der Waals surface area contributed by atoms with Crippen LogP contribution in [0.25, 0.3) is 10.9 Å². The Kier molecular flexibility index (Phi) is 3.58. The van der Waals surface area contributed by atoms with Crippen molar-refractivity contribution in [3.8, 4) is 0 Å². The third-order valence-corrected chi connectivity index (χ3v) is 5.33. The number of benzene rings is 1. The number of likely N-dealkylation sites (N-methyl/N-ethyl adjacent to an activating group) is 2. The number of piperidine rings is 1. The summed E-state index contributed by atoms with van der Waals surface area (Å²) in [6.07, 6.45) is 2.01. The van der Waals surface area contributed by atoms with Gasteiger partial charge in [0.1, 0.15) is 0 Å². The Morgan fingerprint density at radius 3 is 2.65 bits per heavy atom. The van der Waals surface area contributed by atoms with Gasteiger partial charge in [0.15, 0.2) is 5.69 Å². The van der Waals surface area contributed by atoms with E-state index in [2.05, 4.69) is 39.4 Å². The van der Waals surface area contributed by atoms with E-state index >= 15 is 0 Å². The highest BCUT2D eigenvalue weighted by Gasteiger charge is 2.38. The molecule has 1 amide bonds. The summed E-state index contributed by atoms with van der Waals surface area (Å²) in [5.74, 6) is -0.0663. The lowest BCUT2D eigenvalue weighted by Crippen LogP contribution is -2.63. The number of aromatic amines is 1. The fourth-order valence-electron chi connectivity index (χ4n) is 4.09. The molecule has 0 radical (unpaired) electrons. The second-order valence-electron chi connectivity index (χ2n) is 6.95. The van der Waals surface area contributed by atoms with Gasteiger partial charge in [-0.15, -0.1) is 0 Å². The summed E-state index contributed by atoms with van der Waals surface area (Å²) in [5.41, 5.74) is 1.40. The minimum atomic E-state index is -0.0663. The number of amides is 1. The van der Waals surface area contributed by atoms with E-state index in [0.29, 0.717) is 17.8 Å². The first-order chi connectivity index (χ1) is 11.1. The smallest absolute Gasteiger partial charge is 0.272 e. The summed E-state index contributed by atoms with van der Waals surface area (Å²) in [7, 11) is 4.39. The summed E-state index contributed by atoms with van der Waals surface area (Å²) in [6, 6.07) is 9.03. The van der Waals surface area contributed by atoms with E-state index in [-0.39, 0.29) is 11.9 Å². The molecule has 6 heteroatoms. The first kappa shape index (κ1) is 14.7. The predicted molar refractivity (Wildman–Crippen MR) is 89.4 cm³/mol. The summed E-state index contributed by atoms with van der Waals surface area (Å²) in [6.45, 7) is 2.15. The van der Waals surface area contributed by atoms with Gasteiger partial charge in [-0.3, -0.25) is 14.8 Å². The molecule has 2 aliphatic heterocycles. The average molecular weight is 313 g/mol. The molecule has 1 aromatic heterocycles. The number of nitrogens with zero attached hydrogens (tertiary/aromatic N) is 3. The molecule has 2 fully saturated rings. The fourth-order valence-corrected chi connectivity index (χ4v) is 4.09. The van der Waals surface area contributed by atoms with E-state index in [4.69, 9.17) is 0 Å². The molecule has 6 nitrogen and oxygen atoms in total. The Hall–Kier alpha value is -1.92. The van der Waals surface area contributed by atoms with Crippen LogP contribution in [-0.4, -0.2) is 71.2 Å². The fraction of sp³-hybridized carbons (Fsp3) is 0.529. The van der Waals surface area contributed by atoms with Crippen molar-refractivity contribution in [2.45, 2.75) is 31.0 Å². The van der Waals surface area contributed by atoms with Gasteiger partial charge in [-0.2, -0.15) is 5.10 Å². The highest BCUT2D eigenvalue weighted by molar-refractivity contribution is 6.04. The van der Waals surface area contributed by atoms with Crippen LogP contribution in [0.5, 0.6) is 0 Å². The van der Waals surface area contributed by atoms with E-state index in [1.54, 1.807) is 0 Å². The Morgan fingerprint density at radius 2 is 1.91 bits per heavy atom. The molecular weight excluding hydrogens is 290 g/mol. The zero-order valence-electron chi connectivity index (χ0n) is 13.6. The maximum Gasteiger partial charge on any atom is 0.272 e. The number of fused-ring (bicyclic) bond motifs is 3. The summed E-state index contributed by atoms with van der Waals surface area (Å²) in [5, 5.41) is 11.2. The number of rotatable bonds is 2. The Bertz CT molecular complexity index is 711.